The number of rotatable bonds is 8. The van der Waals surface area contributed by atoms with Crippen molar-refractivity contribution in [2.75, 3.05) is 38.3 Å². The second-order valence-electron chi connectivity index (χ2n) is 7.88. The van der Waals surface area contributed by atoms with E-state index in [9.17, 15) is 9.59 Å². The van der Waals surface area contributed by atoms with Crippen LogP contribution in [0.2, 0.25) is 0 Å². The molecule has 0 aliphatic carbocycles. The van der Waals surface area contributed by atoms with Gasteiger partial charge in [-0.1, -0.05) is 12.1 Å². The van der Waals surface area contributed by atoms with E-state index in [4.69, 9.17) is 4.98 Å². The highest BCUT2D eigenvalue weighted by atomic mass is 32.1. The maximum atomic E-state index is 12.6. The van der Waals surface area contributed by atoms with Crippen molar-refractivity contribution in [2.45, 2.75) is 45.2 Å². The number of nitrogens with zero attached hydrogens (tertiary/aromatic N) is 3. The third-order valence-electron chi connectivity index (χ3n) is 5.39. The lowest BCUT2D eigenvalue weighted by atomic mass is 10.1. The van der Waals surface area contributed by atoms with Crippen molar-refractivity contribution in [1.29, 1.82) is 0 Å². The number of benzene rings is 1. The highest BCUT2D eigenvalue weighted by Gasteiger charge is 2.32. The van der Waals surface area contributed by atoms with Gasteiger partial charge < -0.3 is 15.5 Å². The summed E-state index contributed by atoms with van der Waals surface area (Å²) in [6.45, 7) is 3.09. The van der Waals surface area contributed by atoms with Gasteiger partial charge in [0.25, 0.3) is 0 Å². The number of nitrogens with one attached hydrogen (secondary N) is 2. The fraction of sp³-hybridized carbons (Fsp3) is 0.500. The molecular formula is C22H31N5O2S. The molecule has 1 atom stereocenters. The van der Waals surface area contributed by atoms with Crippen LogP contribution in [0.1, 0.15) is 35.9 Å². The van der Waals surface area contributed by atoms with Gasteiger partial charge in [0.15, 0.2) is 5.13 Å². The van der Waals surface area contributed by atoms with Crippen LogP contribution >= 0.6 is 11.3 Å². The van der Waals surface area contributed by atoms with E-state index < -0.39 is 0 Å². The Bertz CT molecular complexity index is 878. The Morgan fingerprint density at radius 2 is 1.97 bits per heavy atom. The molecule has 1 aliphatic heterocycles. The maximum absolute atomic E-state index is 12.6. The molecule has 3 rings (SSSR count). The van der Waals surface area contributed by atoms with E-state index in [-0.39, 0.29) is 17.9 Å². The van der Waals surface area contributed by atoms with Crippen LogP contribution in [0.3, 0.4) is 0 Å². The van der Waals surface area contributed by atoms with Crippen LogP contribution in [0.4, 0.5) is 10.8 Å². The number of carbonyl (C=O) groups excluding carboxylic acids is 2. The molecule has 2 amide bonds. The topological polar surface area (TPSA) is 77.6 Å². The summed E-state index contributed by atoms with van der Waals surface area (Å²) in [5.74, 6) is 0.0385. The Morgan fingerprint density at radius 1 is 1.23 bits per heavy atom. The number of likely N-dealkylation sites (tertiary alicyclic amines) is 1. The molecule has 0 bridgehead atoms. The Morgan fingerprint density at radius 3 is 2.60 bits per heavy atom. The van der Waals surface area contributed by atoms with Crippen LogP contribution in [-0.4, -0.2) is 60.3 Å². The molecule has 0 spiro atoms. The SMILES string of the molecule is CNc1ccc(CCc2nc(NC(C)=O)sc2CN2CCC[C@H]2C(=O)N(C)C)cc1. The van der Waals surface area contributed by atoms with Gasteiger partial charge in [0.1, 0.15) is 0 Å². The predicted octanol–water partition coefficient (Wildman–Crippen LogP) is 2.98. The van der Waals surface area contributed by atoms with Crippen LogP contribution in [0.25, 0.3) is 0 Å². The summed E-state index contributed by atoms with van der Waals surface area (Å²) in [5, 5.41) is 6.59. The number of aromatic nitrogens is 1. The van der Waals surface area contributed by atoms with Crippen LogP contribution in [0.15, 0.2) is 24.3 Å². The molecule has 0 unspecified atom stereocenters. The van der Waals surface area contributed by atoms with E-state index in [0.717, 1.165) is 48.5 Å². The Balaban J connectivity index is 1.75. The molecule has 30 heavy (non-hydrogen) atoms. The van der Waals surface area contributed by atoms with E-state index in [0.29, 0.717) is 11.7 Å². The zero-order valence-corrected chi connectivity index (χ0v) is 19.0. The molecule has 1 aromatic heterocycles. The number of anilines is 2. The average Bonchev–Trinajstić information content (AvgIpc) is 3.32. The maximum Gasteiger partial charge on any atom is 0.239 e. The predicted molar refractivity (Wildman–Crippen MR) is 122 cm³/mol. The van der Waals surface area contributed by atoms with Crippen molar-refractivity contribution < 1.29 is 9.59 Å². The molecule has 1 aromatic carbocycles. The van der Waals surface area contributed by atoms with Gasteiger partial charge in [-0.25, -0.2) is 4.98 Å². The quantitative estimate of drug-likeness (QED) is 0.675. The lowest BCUT2D eigenvalue weighted by molar-refractivity contribution is -0.133. The van der Waals surface area contributed by atoms with Crippen molar-refractivity contribution in [3.63, 3.8) is 0 Å². The minimum atomic E-state index is -0.119. The Hall–Kier alpha value is -2.45. The Labute approximate surface area is 182 Å². The highest BCUT2D eigenvalue weighted by Crippen LogP contribution is 2.29. The van der Waals surface area contributed by atoms with Crippen molar-refractivity contribution in [1.82, 2.24) is 14.8 Å². The Kier molecular flexibility index (Phi) is 7.44. The molecule has 2 N–H and O–H groups in total. The number of hydrogen-bond acceptors (Lipinski definition) is 6. The van der Waals surface area contributed by atoms with Crippen LogP contribution in [0.5, 0.6) is 0 Å². The first-order valence-electron chi connectivity index (χ1n) is 10.4. The molecule has 2 heterocycles. The van der Waals surface area contributed by atoms with E-state index in [1.807, 2.05) is 21.1 Å². The van der Waals surface area contributed by atoms with E-state index in [2.05, 4.69) is 39.8 Å². The van der Waals surface area contributed by atoms with Crippen molar-refractivity contribution in [3.8, 4) is 0 Å². The van der Waals surface area contributed by atoms with E-state index in [1.54, 1.807) is 4.90 Å². The molecule has 0 radical (unpaired) electrons. The van der Waals surface area contributed by atoms with Gasteiger partial charge in [0, 0.05) is 45.2 Å². The minimum Gasteiger partial charge on any atom is -0.388 e. The monoisotopic (exact) mass is 429 g/mol. The summed E-state index contributed by atoms with van der Waals surface area (Å²) in [7, 11) is 5.53. The first-order chi connectivity index (χ1) is 14.4. The lowest BCUT2D eigenvalue weighted by Crippen LogP contribution is -2.42. The molecule has 2 aromatic rings. The molecular weight excluding hydrogens is 398 g/mol. The number of thiazole rings is 1. The van der Waals surface area contributed by atoms with Gasteiger partial charge >= 0.3 is 0 Å². The molecule has 0 saturated carbocycles. The van der Waals surface area contributed by atoms with Crippen molar-refractivity contribution >= 4 is 34.0 Å². The van der Waals surface area contributed by atoms with Gasteiger partial charge in [0.2, 0.25) is 11.8 Å². The van der Waals surface area contributed by atoms with Gasteiger partial charge in [-0.15, -0.1) is 11.3 Å². The average molecular weight is 430 g/mol. The minimum absolute atomic E-state index is 0.0757. The smallest absolute Gasteiger partial charge is 0.239 e. The summed E-state index contributed by atoms with van der Waals surface area (Å²) < 4.78 is 0. The first kappa shape index (κ1) is 22.2. The molecule has 1 fully saturated rings. The van der Waals surface area contributed by atoms with Crippen LogP contribution < -0.4 is 10.6 Å². The zero-order valence-electron chi connectivity index (χ0n) is 18.2. The van der Waals surface area contributed by atoms with Gasteiger partial charge in [-0.3, -0.25) is 14.5 Å². The summed E-state index contributed by atoms with van der Waals surface area (Å²) in [4.78, 5) is 33.8. The summed E-state index contributed by atoms with van der Waals surface area (Å²) >= 11 is 1.52. The van der Waals surface area contributed by atoms with Gasteiger partial charge in [-0.05, 0) is 49.9 Å². The molecule has 1 saturated heterocycles. The largest absolute Gasteiger partial charge is 0.388 e. The fourth-order valence-electron chi connectivity index (χ4n) is 3.78. The normalized spacial score (nSPS) is 16.5. The number of hydrogen-bond donors (Lipinski definition) is 2. The summed E-state index contributed by atoms with van der Waals surface area (Å²) in [6.07, 6.45) is 3.58. The second-order valence-corrected chi connectivity index (χ2v) is 8.96. The fourth-order valence-corrected chi connectivity index (χ4v) is 4.86. The number of carbonyl (C=O) groups is 2. The van der Waals surface area contributed by atoms with Crippen LogP contribution in [0, 0.1) is 0 Å². The first-order valence-corrected chi connectivity index (χ1v) is 11.2. The van der Waals surface area contributed by atoms with Gasteiger partial charge in [0.05, 0.1) is 11.7 Å². The van der Waals surface area contributed by atoms with E-state index in [1.165, 1.54) is 23.8 Å². The zero-order chi connectivity index (χ0) is 21.7. The third kappa shape index (κ3) is 5.58. The lowest BCUT2D eigenvalue weighted by Gasteiger charge is -2.25. The van der Waals surface area contributed by atoms with Crippen LogP contribution in [-0.2, 0) is 29.0 Å². The molecule has 162 valence electrons. The van der Waals surface area contributed by atoms with Crippen molar-refractivity contribution in [3.05, 3.63) is 40.4 Å². The number of likely N-dealkylation sites (N-methyl/N-ethyl adjacent to an activating group) is 1. The number of aryl methyl sites for hydroxylation is 2. The number of amides is 2. The molecule has 1 aliphatic rings. The summed E-state index contributed by atoms with van der Waals surface area (Å²) in [5.41, 5.74) is 3.34. The standard InChI is InChI=1S/C22H31N5O2S/c1-15(28)24-22-25-18(12-9-16-7-10-17(23-2)11-8-16)20(30-22)14-27-13-5-6-19(27)21(29)26(3)4/h7-8,10-11,19,23H,5-6,9,12-14H2,1-4H3,(H,24,25,28)/t19-/m0/s1. The third-order valence-corrected chi connectivity index (χ3v) is 6.39. The summed E-state index contributed by atoms with van der Waals surface area (Å²) in [6, 6.07) is 8.31. The molecule has 7 nitrogen and oxygen atoms in total. The van der Waals surface area contributed by atoms with E-state index >= 15 is 0 Å². The van der Waals surface area contributed by atoms with Gasteiger partial charge in [-0.2, -0.15) is 0 Å². The molecule has 8 heteroatoms. The highest BCUT2D eigenvalue weighted by molar-refractivity contribution is 7.15. The van der Waals surface area contributed by atoms with Crippen molar-refractivity contribution in [2.24, 2.45) is 0 Å². The second kappa shape index (κ2) is 10.0.